The van der Waals surface area contributed by atoms with Gasteiger partial charge in [0.15, 0.2) is 0 Å². The van der Waals surface area contributed by atoms with E-state index < -0.39 is 35.9 Å². The zero-order chi connectivity index (χ0) is 22.8. The molecule has 2 N–H and O–H groups in total. The van der Waals surface area contributed by atoms with Crippen LogP contribution in [-0.2, 0) is 21.7 Å². The molecule has 0 radical (unpaired) electrons. The van der Waals surface area contributed by atoms with Crippen molar-refractivity contribution in [3.8, 4) is 11.1 Å². The summed E-state index contributed by atoms with van der Waals surface area (Å²) >= 11 is 5.88. The van der Waals surface area contributed by atoms with E-state index >= 15 is 0 Å². The molecule has 1 atom stereocenters. The molecular formula is C21H14ClF5N2O2. The molecule has 0 saturated heterocycles. The van der Waals surface area contributed by atoms with Crippen LogP contribution in [0.2, 0.25) is 5.02 Å². The van der Waals surface area contributed by atoms with Gasteiger partial charge in [0.25, 0.3) is 0 Å². The minimum Gasteiger partial charge on any atom is -0.431 e. The van der Waals surface area contributed by atoms with Crippen molar-refractivity contribution in [1.82, 2.24) is 4.98 Å². The number of nitrogens with two attached hydrogens (primary N) is 1. The second-order valence-corrected chi connectivity index (χ2v) is 7.07. The molecule has 1 aromatic heterocycles. The zero-order valence-corrected chi connectivity index (χ0v) is 16.3. The van der Waals surface area contributed by atoms with Crippen LogP contribution in [0.4, 0.5) is 22.0 Å². The highest BCUT2D eigenvalue weighted by Gasteiger charge is 2.47. The fourth-order valence-electron chi connectivity index (χ4n) is 3.01. The summed E-state index contributed by atoms with van der Waals surface area (Å²) in [6.45, 7) is 0. The van der Waals surface area contributed by atoms with Gasteiger partial charge >= 0.3 is 12.1 Å². The smallest absolute Gasteiger partial charge is 0.431 e. The van der Waals surface area contributed by atoms with E-state index in [9.17, 15) is 26.7 Å². The quantitative estimate of drug-likeness (QED) is 0.328. The van der Waals surface area contributed by atoms with E-state index in [4.69, 9.17) is 17.3 Å². The summed E-state index contributed by atoms with van der Waals surface area (Å²) in [6, 6.07) is 11.5. The Hall–Kier alpha value is -3.04. The van der Waals surface area contributed by atoms with E-state index in [2.05, 4.69) is 9.72 Å². The summed E-state index contributed by atoms with van der Waals surface area (Å²) in [5.74, 6) is -4.52. The average Bonchev–Trinajstić information content (AvgIpc) is 2.67. The van der Waals surface area contributed by atoms with Gasteiger partial charge in [-0.25, -0.2) is 13.6 Å². The molecule has 0 aliphatic heterocycles. The van der Waals surface area contributed by atoms with Crippen LogP contribution >= 0.6 is 11.6 Å². The number of esters is 1. The topological polar surface area (TPSA) is 65.2 Å². The Labute approximate surface area is 178 Å². The third-order valence-electron chi connectivity index (χ3n) is 4.26. The maximum atomic E-state index is 13.6. The van der Waals surface area contributed by atoms with Crippen molar-refractivity contribution in [2.24, 2.45) is 5.73 Å². The molecule has 2 aromatic carbocycles. The van der Waals surface area contributed by atoms with Gasteiger partial charge in [-0.3, -0.25) is 10.7 Å². The number of nitrogens with zero attached hydrogens (tertiary/aromatic N) is 1. The Morgan fingerprint density at radius 2 is 1.65 bits per heavy atom. The Balaban J connectivity index is 2.14. The van der Waals surface area contributed by atoms with Crippen molar-refractivity contribution in [1.29, 1.82) is 0 Å². The van der Waals surface area contributed by atoms with Crippen LogP contribution < -0.4 is 5.73 Å². The Morgan fingerprint density at radius 1 is 1.03 bits per heavy atom. The SMILES string of the molecule is N[C@@](Cc1cc(F)cc(F)c1)(OC(=O)C(F)(F)F)c1ncccc1-c1ccc(Cl)cc1. The van der Waals surface area contributed by atoms with Gasteiger partial charge in [-0.05, 0) is 41.5 Å². The predicted molar refractivity (Wildman–Crippen MR) is 103 cm³/mol. The lowest BCUT2D eigenvalue weighted by atomic mass is 9.93. The lowest BCUT2D eigenvalue weighted by Gasteiger charge is -2.31. The van der Waals surface area contributed by atoms with Gasteiger partial charge < -0.3 is 4.74 Å². The number of halogens is 6. The molecular weight excluding hydrogens is 443 g/mol. The number of carbonyl (C=O) groups excluding carboxylic acids is 1. The molecule has 0 aliphatic rings. The fraction of sp³-hybridized carbons (Fsp3) is 0.143. The van der Waals surface area contributed by atoms with Gasteiger partial charge in [-0.2, -0.15) is 13.2 Å². The van der Waals surface area contributed by atoms with Crippen molar-refractivity contribution in [2.75, 3.05) is 0 Å². The molecule has 0 bridgehead atoms. The van der Waals surface area contributed by atoms with Gasteiger partial charge in [0, 0.05) is 29.3 Å². The highest BCUT2D eigenvalue weighted by atomic mass is 35.5. The first-order valence-corrected chi connectivity index (χ1v) is 9.11. The second kappa shape index (κ2) is 8.60. The highest BCUT2D eigenvalue weighted by Crippen LogP contribution is 2.34. The van der Waals surface area contributed by atoms with Crippen molar-refractivity contribution in [2.45, 2.75) is 18.3 Å². The molecule has 0 aliphatic carbocycles. The van der Waals surface area contributed by atoms with Crippen LogP contribution in [-0.4, -0.2) is 17.1 Å². The van der Waals surface area contributed by atoms with E-state index in [-0.39, 0.29) is 16.8 Å². The van der Waals surface area contributed by atoms with Crippen LogP contribution in [0, 0.1) is 11.6 Å². The molecule has 0 fully saturated rings. The van der Waals surface area contributed by atoms with Gasteiger partial charge in [0.05, 0.1) is 0 Å². The molecule has 0 unspecified atom stereocenters. The van der Waals surface area contributed by atoms with E-state index in [1.54, 1.807) is 12.1 Å². The van der Waals surface area contributed by atoms with Crippen LogP contribution in [0.25, 0.3) is 11.1 Å². The number of pyridine rings is 1. The van der Waals surface area contributed by atoms with Crippen LogP contribution in [0.3, 0.4) is 0 Å². The number of benzene rings is 2. The maximum absolute atomic E-state index is 13.6. The first kappa shape index (κ1) is 22.6. The largest absolute Gasteiger partial charge is 0.491 e. The summed E-state index contributed by atoms with van der Waals surface area (Å²) in [7, 11) is 0. The minimum atomic E-state index is -5.35. The number of hydrogen-bond acceptors (Lipinski definition) is 4. The van der Waals surface area contributed by atoms with Crippen LogP contribution in [0.5, 0.6) is 0 Å². The maximum Gasteiger partial charge on any atom is 0.491 e. The van der Waals surface area contributed by atoms with E-state index in [1.165, 1.54) is 30.5 Å². The summed E-state index contributed by atoms with van der Waals surface area (Å²) < 4.78 is 70.8. The Bertz CT molecular complexity index is 1090. The molecule has 31 heavy (non-hydrogen) atoms. The van der Waals surface area contributed by atoms with Crippen LogP contribution in [0.15, 0.2) is 60.8 Å². The summed E-state index contributed by atoms with van der Waals surface area (Å²) in [4.78, 5) is 15.7. The Morgan fingerprint density at radius 3 is 2.23 bits per heavy atom. The number of hydrogen-bond donors (Lipinski definition) is 1. The van der Waals surface area contributed by atoms with Gasteiger partial charge in [-0.15, -0.1) is 0 Å². The first-order valence-electron chi connectivity index (χ1n) is 8.73. The number of ether oxygens (including phenoxy) is 1. The summed E-state index contributed by atoms with van der Waals surface area (Å²) in [5.41, 5.74) is 3.98. The lowest BCUT2D eigenvalue weighted by Crippen LogP contribution is -2.47. The highest BCUT2D eigenvalue weighted by molar-refractivity contribution is 6.30. The van der Waals surface area contributed by atoms with E-state index in [0.29, 0.717) is 16.7 Å². The lowest BCUT2D eigenvalue weighted by molar-refractivity contribution is -0.215. The van der Waals surface area contributed by atoms with Gasteiger partial charge in [0.1, 0.15) is 17.3 Å². The first-order chi connectivity index (χ1) is 14.5. The molecule has 3 aromatic rings. The second-order valence-electron chi connectivity index (χ2n) is 6.64. The number of carbonyl (C=O) groups is 1. The summed E-state index contributed by atoms with van der Waals surface area (Å²) in [6.07, 6.45) is -4.79. The summed E-state index contributed by atoms with van der Waals surface area (Å²) in [5, 5.41) is 0.409. The van der Waals surface area contributed by atoms with Crippen LogP contribution in [0.1, 0.15) is 11.3 Å². The predicted octanol–water partition coefficient (Wildman–Crippen LogP) is 5.14. The standard InChI is InChI=1S/C21H14ClF5N2O2/c22-14-5-3-13(4-6-14)17-2-1-7-29-18(17)20(28,31-19(30)21(25,26)27)11-12-8-15(23)10-16(24)9-12/h1-10H,11,28H2/t20-/m0/s1. The number of aromatic nitrogens is 1. The molecule has 0 amide bonds. The number of alkyl halides is 3. The molecule has 1 heterocycles. The molecule has 3 rings (SSSR count). The van der Waals surface area contributed by atoms with E-state index in [1.807, 2.05) is 0 Å². The molecule has 4 nitrogen and oxygen atoms in total. The van der Waals surface area contributed by atoms with Crippen molar-refractivity contribution >= 4 is 17.6 Å². The molecule has 0 saturated carbocycles. The van der Waals surface area contributed by atoms with Gasteiger partial charge in [-0.1, -0.05) is 29.8 Å². The zero-order valence-electron chi connectivity index (χ0n) is 15.6. The normalized spacial score (nSPS) is 13.5. The monoisotopic (exact) mass is 456 g/mol. The van der Waals surface area contributed by atoms with Gasteiger partial charge in [0.2, 0.25) is 5.72 Å². The molecule has 0 spiro atoms. The third-order valence-corrected chi connectivity index (χ3v) is 4.51. The van der Waals surface area contributed by atoms with E-state index in [0.717, 1.165) is 12.1 Å². The molecule has 162 valence electrons. The van der Waals surface area contributed by atoms with Crippen molar-refractivity contribution in [3.63, 3.8) is 0 Å². The molecule has 10 heteroatoms. The Kier molecular flexibility index (Phi) is 6.28. The fourth-order valence-corrected chi connectivity index (χ4v) is 3.14. The number of rotatable bonds is 5. The van der Waals surface area contributed by atoms with Crippen molar-refractivity contribution in [3.05, 3.63) is 88.7 Å². The third kappa shape index (κ3) is 5.36. The minimum absolute atomic E-state index is 0.136. The van der Waals surface area contributed by atoms with Crippen molar-refractivity contribution < 1.29 is 31.5 Å². The average molecular weight is 457 g/mol.